The van der Waals surface area contributed by atoms with Gasteiger partial charge < -0.3 is 9.31 Å². The first-order chi connectivity index (χ1) is 10.3. The number of hydrogen-bond acceptors (Lipinski definition) is 4. The lowest BCUT2D eigenvalue weighted by atomic mass is 9.82. The fourth-order valence-corrected chi connectivity index (χ4v) is 2.37. The largest absolute Gasteiger partial charge is 0.498 e. The molecule has 1 aromatic carbocycles. The second kappa shape index (κ2) is 5.07. The molecule has 1 aliphatic rings. The summed E-state index contributed by atoms with van der Waals surface area (Å²) in [4.78, 5) is 11.1. The zero-order valence-electron chi connectivity index (χ0n) is 13.2. The third-order valence-corrected chi connectivity index (χ3v) is 4.44. The van der Waals surface area contributed by atoms with Gasteiger partial charge in [0.2, 0.25) is 0 Å². The smallest absolute Gasteiger partial charge is 0.399 e. The van der Waals surface area contributed by atoms with E-state index in [1.165, 1.54) is 0 Å². The third kappa shape index (κ3) is 2.38. The van der Waals surface area contributed by atoms with Crippen LogP contribution in [0.3, 0.4) is 0 Å². The number of carbonyl (C=O) groups is 1. The Bertz CT molecular complexity index is 693. The average molecular weight is 298 g/mol. The molecule has 5 nitrogen and oxygen atoms in total. The lowest BCUT2D eigenvalue weighted by molar-refractivity contribution is 0.00578. The maximum Gasteiger partial charge on any atom is 0.498 e. The van der Waals surface area contributed by atoms with Crippen LogP contribution in [0.2, 0.25) is 0 Å². The van der Waals surface area contributed by atoms with Gasteiger partial charge in [-0.15, -0.1) is 0 Å². The Balaban J connectivity index is 1.91. The number of para-hydroxylation sites is 1. The molecule has 2 heterocycles. The fraction of sp³-hybridized carbons (Fsp3) is 0.375. The summed E-state index contributed by atoms with van der Waals surface area (Å²) in [5.74, 6) is 0. The lowest BCUT2D eigenvalue weighted by Gasteiger charge is -2.32. The van der Waals surface area contributed by atoms with Crippen LogP contribution in [-0.2, 0) is 9.31 Å². The Kier molecular flexibility index (Phi) is 3.46. The van der Waals surface area contributed by atoms with Crippen molar-refractivity contribution in [2.24, 2.45) is 0 Å². The Morgan fingerprint density at radius 2 is 1.77 bits per heavy atom. The summed E-state index contributed by atoms with van der Waals surface area (Å²) >= 11 is 0. The Labute approximate surface area is 130 Å². The molecule has 3 rings (SSSR count). The monoisotopic (exact) mass is 298 g/mol. The maximum atomic E-state index is 11.1. The van der Waals surface area contributed by atoms with E-state index in [1.807, 2.05) is 52.1 Å². The maximum absolute atomic E-state index is 11.1. The van der Waals surface area contributed by atoms with Crippen molar-refractivity contribution in [1.82, 2.24) is 9.78 Å². The van der Waals surface area contributed by atoms with Crippen molar-refractivity contribution in [2.75, 3.05) is 0 Å². The van der Waals surface area contributed by atoms with Crippen molar-refractivity contribution in [3.05, 3.63) is 42.2 Å². The molecule has 2 aromatic rings. The Morgan fingerprint density at radius 1 is 1.14 bits per heavy atom. The zero-order chi connectivity index (χ0) is 16.0. The number of carbonyl (C=O) groups excluding carboxylic acids is 1. The Hall–Kier alpha value is -1.92. The lowest BCUT2D eigenvalue weighted by Crippen LogP contribution is -2.41. The van der Waals surface area contributed by atoms with Crippen LogP contribution in [0.15, 0.2) is 36.7 Å². The van der Waals surface area contributed by atoms with Crippen molar-refractivity contribution in [3.8, 4) is 5.69 Å². The molecule has 1 aliphatic heterocycles. The number of aldehydes is 1. The predicted molar refractivity (Wildman–Crippen MR) is 84.7 cm³/mol. The van der Waals surface area contributed by atoms with Gasteiger partial charge in [-0.1, -0.05) is 12.1 Å². The highest BCUT2D eigenvalue weighted by atomic mass is 16.7. The number of rotatable bonds is 3. The third-order valence-electron chi connectivity index (χ3n) is 4.44. The molecule has 0 bridgehead atoms. The molecule has 6 heteroatoms. The molecule has 0 saturated carbocycles. The van der Waals surface area contributed by atoms with Crippen LogP contribution >= 0.6 is 0 Å². The van der Waals surface area contributed by atoms with E-state index in [2.05, 4.69) is 5.10 Å². The summed E-state index contributed by atoms with van der Waals surface area (Å²) in [6.45, 7) is 8.05. The number of benzene rings is 1. The minimum atomic E-state index is -0.456. The topological polar surface area (TPSA) is 53.4 Å². The number of hydrogen-bond donors (Lipinski definition) is 0. The van der Waals surface area contributed by atoms with Crippen molar-refractivity contribution >= 4 is 18.9 Å². The van der Waals surface area contributed by atoms with Crippen LogP contribution in [0.1, 0.15) is 38.1 Å². The highest BCUT2D eigenvalue weighted by Gasteiger charge is 2.52. The van der Waals surface area contributed by atoms with Gasteiger partial charge in [0.25, 0.3) is 0 Å². The standard InChI is InChI=1S/C16H19BN2O3/c1-15(2)16(3,4)22-17(21-15)13-9-18-19(10-13)14-8-6-5-7-12(14)11-20/h5-11H,1-4H3. The van der Waals surface area contributed by atoms with Gasteiger partial charge in [-0.2, -0.15) is 5.10 Å². The molecule has 1 fully saturated rings. The summed E-state index contributed by atoms with van der Waals surface area (Å²) in [6, 6.07) is 7.31. The van der Waals surface area contributed by atoms with E-state index < -0.39 is 7.12 Å². The van der Waals surface area contributed by atoms with Gasteiger partial charge >= 0.3 is 7.12 Å². The second-order valence-corrected chi connectivity index (χ2v) is 6.48. The van der Waals surface area contributed by atoms with Crippen molar-refractivity contribution < 1.29 is 14.1 Å². The van der Waals surface area contributed by atoms with Crippen molar-refractivity contribution in [3.63, 3.8) is 0 Å². The van der Waals surface area contributed by atoms with E-state index in [-0.39, 0.29) is 11.2 Å². The first kappa shape index (κ1) is 15.0. The van der Waals surface area contributed by atoms with Crippen LogP contribution in [0.25, 0.3) is 5.69 Å². The van der Waals surface area contributed by atoms with E-state index in [0.717, 1.165) is 17.4 Å². The van der Waals surface area contributed by atoms with E-state index in [0.29, 0.717) is 5.56 Å². The van der Waals surface area contributed by atoms with Gasteiger partial charge in [-0.3, -0.25) is 4.79 Å². The second-order valence-electron chi connectivity index (χ2n) is 6.48. The van der Waals surface area contributed by atoms with Gasteiger partial charge in [0.1, 0.15) is 0 Å². The average Bonchev–Trinajstić information content (AvgIpc) is 3.02. The van der Waals surface area contributed by atoms with E-state index in [4.69, 9.17) is 9.31 Å². The van der Waals surface area contributed by atoms with Crippen LogP contribution in [0.5, 0.6) is 0 Å². The molecule has 0 N–H and O–H groups in total. The molecule has 0 spiro atoms. The molecule has 22 heavy (non-hydrogen) atoms. The highest BCUT2D eigenvalue weighted by Crippen LogP contribution is 2.36. The summed E-state index contributed by atoms with van der Waals surface area (Å²) in [5.41, 5.74) is 1.38. The number of nitrogens with zero attached hydrogens (tertiary/aromatic N) is 2. The fourth-order valence-electron chi connectivity index (χ4n) is 2.37. The highest BCUT2D eigenvalue weighted by molar-refractivity contribution is 6.62. The van der Waals surface area contributed by atoms with E-state index >= 15 is 0 Å². The van der Waals surface area contributed by atoms with Crippen LogP contribution in [0.4, 0.5) is 0 Å². The SMILES string of the molecule is CC1(C)OB(c2cnn(-c3ccccc3C=O)c2)OC1(C)C. The molecule has 0 unspecified atom stereocenters. The van der Waals surface area contributed by atoms with Gasteiger partial charge in [-0.05, 0) is 39.8 Å². The number of aromatic nitrogens is 2. The van der Waals surface area contributed by atoms with E-state index in [1.54, 1.807) is 16.9 Å². The van der Waals surface area contributed by atoms with Crippen LogP contribution in [-0.4, -0.2) is 34.4 Å². The summed E-state index contributed by atoms with van der Waals surface area (Å²) < 4.78 is 13.7. The van der Waals surface area contributed by atoms with Crippen LogP contribution in [0, 0.1) is 0 Å². The zero-order valence-corrected chi connectivity index (χ0v) is 13.2. The molecule has 0 radical (unpaired) electrons. The van der Waals surface area contributed by atoms with Crippen LogP contribution < -0.4 is 5.46 Å². The Morgan fingerprint density at radius 3 is 2.41 bits per heavy atom. The minimum Gasteiger partial charge on any atom is -0.399 e. The quantitative estimate of drug-likeness (QED) is 0.642. The minimum absolute atomic E-state index is 0.388. The summed E-state index contributed by atoms with van der Waals surface area (Å²) in [6.07, 6.45) is 4.37. The van der Waals surface area contributed by atoms with Crippen molar-refractivity contribution in [2.45, 2.75) is 38.9 Å². The first-order valence-electron chi connectivity index (χ1n) is 7.29. The van der Waals surface area contributed by atoms with Gasteiger partial charge in [0, 0.05) is 23.4 Å². The predicted octanol–water partition coefficient (Wildman–Crippen LogP) is 1.98. The molecule has 0 atom stereocenters. The van der Waals surface area contributed by atoms with Crippen molar-refractivity contribution in [1.29, 1.82) is 0 Å². The summed E-state index contributed by atoms with van der Waals surface area (Å²) in [5, 5.41) is 4.33. The molecule has 1 aromatic heterocycles. The molecule has 0 amide bonds. The van der Waals surface area contributed by atoms with Gasteiger partial charge in [0.05, 0.1) is 16.9 Å². The van der Waals surface area contributed by atoms with Gasteiger partial charge in [-0.25, -0.2) is 4.68 Å². The van der Waals surface area contributed by atoms with Gasteiger partial charge in [0.15, 0.2) is 6.29 Å². The first-order valence-corrected chi connectivity index (χ1v) is 7.29. The normalized spacial score (nSPS) is 19.4. The molecular formula is C16H19BN2O3. The molecule has 1 saturated heterocycles. The molecular weight excluding hydrogens is 279 g/mol. The summed E-state index contributed by atoms with van der Waals surface area (Å²) in [7, 11) is -0.456. The molecule has 0 aliphatic carbocycles. The van der Waals surface area contributed by atoms with E-state index in [9.17, 15) is 4.79 Å². The molecule has 114 valence electrons.